The second-order valence-electron chi connectivity index (χ2n) is 7.88. The molecular weight excluding hydrogens is 444 g/mol. The highest BCUT2D eigenvalue weighted by Crippen LogP contribution is 2.43. The van der Waals surface area contributed by atoms with Gasteiger partial charge in [-0.3, -0.25) is 4.40 Å². The Balaban J connectivity index is 2.04. The monoisotopic (exact) mass is 470 g/mol. The molecule has 8 nitrogen and oxygen atoms in total. The first-order valence-corrected chi connectivity index (χ1v) is 10.3. The quantitative estimate of drug-likeness (QED) is 0.362. The van der Waals surface area contributed by atoms with Crippen molar-refractivity contribution in [1.82, 2.24) is 24.5 Å². The van der Waals surface area contributed by atoms with Crippen LogP contribution in [0.4, 0.5) is 23.6 Å². The minimum Gasteiger partial charge on any atom is -0.496 e. The number of nitrogens with zero attached hydrogens (tertiary/aromatic N) is 5. The number of hydrogen-bond acceptors (Lipinski definition) is 7. The highest BCUT2D eigenvalue weighted by molar-refractivity contribution is 5.63. The fraction of sp³-hybridized carbons (Fsp3) is 0.476. The molecule has 0 spiro atoms. The van der Waals surface area contributed by atoms with Crippen LogP contribution in [0.1, 0.15) is 32.3 Å². The molecule has 3 heterocycles. The summed E-state index contributed by atoms with van der Waals surface area (Å²) in [5.74, 6) is 0.101. The lowest BCUT2D eigenvalue weighted by molar-refractivity contribution is -0.259. The molecule has 0 fully saturated rings. The highest BCUT2D eigenvalue weighted by atomic mass is 19.4. The number of anilines is 1. The van der Waals surface area contributed by atoms with Crippen molar-refractivity contribution in [2.45, 2.75) is 44.5 Å². The van der Waals surface area contributed by atoms with Crippen LogP contribution < -0.4 is 10.1 Å². The number of imidazole rings is 1. The van der Waals surface area contributed by atoms with Crippen molar-refractivity contribution in [2.24, 2.45) is 0 Å². The number of alkyl halides is 3. The molecule has 180 valence electrons. The van der Waals surface area contributed by atoms with Crippen molar-refractivity contribution >= 4 is 11.6 Å². The molecule has 3 aromatic heterocycles. The Labute approximate surface area is 188 Å². The largest absolute Gasteiger partial charge is 0.496 e. The minimum absolute atomic E-state index is 0.132. The van der Waals surface area contributed by atoms with E-state index < -0.39 is 17.3 Å². The molecule has 2 unspecified atom stereocenters. The number of halogens is 4. The van der Waals surface area contributed by atoms with Crippen LogP contribution in [0.3, 0.4) is 0 Å². The second-order valence-corrected chi connectivity index (χ2v) is 7.88. The zero-order chi connectivity index (χ0) is 24.4. The van der Waals surface area contributed by atoms with E-state index in [1.807, 2.05) is 6.92 Å². The van der Waals surface area contributed by atoms with E-state index in [-0.39, 0.29) is 24.3 Å². The molecule has 2 atom stereocenters. The number of aliphatic hydroxyl groups is 1. The van der Waals surface area contributed by atoms with E-state index in [4.69, 9.17) is 4.74 Å². The van der Waals surface area contributed by atoms with Gasteiger partial charge in [0.25, 0.3) is 0 Å². The van der Waals surface area contributed by atoms with Crippen LogP contribution in [0.5, 0.6) is 5.75 Å². The number of likely N-dealkylation sites (N-methyl/N-ethyl adjacent to an activating group) is 1. The van der Waals surface area contributed by atoms with E-state index in [1.54, 1.807) is 6.07 Å². The molecule has 0 bridgehead atoms. The van der Waals surface area contributed by atoms with Crippen LogP contribution in [0.25, 0.3) is 17.0 Å². The smallest absolute Gasteiger partial charge is 0.421 e. The number of hydrogen-bond donors (Lipinski definition) is 2. The van der Waals surface area contributed by atoms with Gasteiger partial charge in [-0.15, -0.1) is 9.60 Å². The Hall–Kier alpha value is -2.99. The van der Waals surface area contributed by atoms with E-state index in [0.29, 0.717) is 35.5 Å². The molecule has 3 rings (SSSR count). The molecule has 0 amide bonds. The number of pyridine rings is 1. The van der Waals surface area contributed by atoms with Gasteiger partial charge in [0, 0.05) is 38.1 Å². The summed E-state index contributed by atoms with van der Waals surface area (Å²) in [5, 5.41) is 13.9. The van der Waals surface area contributed by atoms with Gasteiger partial charge in [0.2, 0.25) is 5.95 Å². The van der Waals surface area contributed by atoms with Gasteiger partial charge in [0.1, 0.15) is 11.4 Å². The van der Waals surface area contributed by atoms with Crippen LogP contribution >= 0.6 is 0 Å². The third-order valence-corrected chi connectivity index (χ3v) is 5.27. The predicted molar refractivity (Wildman–Crippen MR) is 114 cm³/mol. The van der Waals surface area contributed by atoms with Crippen molar-refractivity contribution in [3.8, 4) is 17.1 Å². The summed E-state index contributed by atoms with van der Waals surface area (Å²) >= 11 is 0. The average Bonchev–Trinajstić information content (AvgIpc) is 3.15. The summed E-state index contributed by atoms with van der Waals surface area (Å²) in [5.41, 5.74) is -2.55. The molecule has 12 heteroatoms. The Morgan fingerprint density at radius 3 is 2.64 bits per heavy atom. The fourth-order valence-corrected chi connectivity index (χ4v) is 3.50. The average molecular weight is 470 g/mol. The first-order valence-electron chi connectivity index (χ1n) is 10.3. The summed E-state index contributed by atoms with van der Waals surface area (Å²) in [7, 11) is 2.54. The van der Waals surface area contributed by atoms with Crippen molar-refractivity contribution in [1.29, 1.82) is 0 Å². The zero-order valence-corrected chi connectivity index (χ0v) is 18.7. The SMILES string of the molecule is CCCC(CN(C)F)Nc1nccc(-c2cnc3cc(OC)c(C(C)(O)C(F)(F)F)cn23)n1. The molecule has 33 heavy (non-hydrogen) atoms. The van der Waals surface area contributed by atoms with Crippen molar-refractivity contribution < 1.29 is 27.5 Å². The first-order chi connectivity index (χ1) is 15.5. The predicted octanol–water partition coefficient (Wildman–Crippen LogP) is 3.97. The van der Waals surface area contributed by atoms with Gasteiger partial charge >= 0.3 is 6.18 Å². The lowest BCUT2D eigenvalue weighted by atomic mass is 9.96. The van der Waals surface area contributed by atoms with Gasteiger partial charge in [-0.05, 0) is 19.4 Å². The van der Waals surface area contributed by atoms with Gasteiger partial charge in [-0.25, -0.2) is 15.0 Å². The van der Waals surface area contributed by atoms with Crippen LogP contribution in [0.2, 0.25) is 0 Å². The summed E-state index contributed by atoms with van der Waals surface area (Å²) < 4.78 is 60.4. The number of methoxy groups -OCH3 is 1. The molecule has 0 radical (unpaired) electrons. The lowest BCUT2D eigenvalue weighted by Gasteiger charge is -2.28. The van der Waals surface area contributed by atoms with Crippen molar-refractivity contribution in [3.63, 3.8) is 0 Å². The Morgan fingerprint density at radius 1 is 1.30 bits per heavy atom. The summed E-state index contributed by atoms with van der Waals surface area (Å²) in [6.45, 7) is 2.77. The van der Waals surface area contributed by atoms with Gasteiger partial charge in [-0.1, -0.05) is 13.3 Å². The maximum Gasteiger partial charge on any atom is 0.421 e. The van der Waals surface area contributed by atoms with Gasteiger partial charge < -0.3 is 15.2 Å². The van der Waals surface area contributed by atoms with Gasteiger partial charge in [-0.2, -0.15) is 13.2 Å². The lowest BCUT2D eigenvalue weighted by Crippen LogP contribution is -2.39. The minimum atomic E-state index is -4.93. The summed E-state index contributed by atoms with van der Waals surface area (Å²) in [6, 6.07) is 2.66. The highest BCUT2D eigenvalue weighted by Gasteiger charge is 2.53. The molecular formula is C21H26F4N6O2. The van der Waals surface area contributed by atoms with Crippen LogP contribution in [-0.2, 0) is 5.60 Å². The van der Waals surface area contributed by atoms with Crippen molar-refractivity contribution in [3.05, 3.63) is 36.3 Å². The van der Waals surface area contributed by atoms with Gasteiger partial charge in [0.05, 0.1) is 30.3 Å². The van der Waals surface area contributed by atoms with Crippen LogP contribution in [0.15, 0.2) is 30.7 Å². The molecule has 0 aromatic carbocycles. The topological polar surface area (TPSA) is 87.8 Å². The molecule has 0 aliphatic heterocycles. The number of fused-ring (bicyclic) bond motifs is 1. The van der Waals surface area contributed by atoms with E-state index in [0.717, 1.165) is 12.6 Å². The number of rotatable bonds is 9. The van der Waals surface area contributed by atoms with Crippen LogP contribution in [-0.4, -0.2) is 62.5 Å². The number of aromatic nitrogens is 4. The normalized spacial score (nSPS) is 15.0. The molecule has 3 aromatic rings. The van der Waals surface area contributed by atoms with Gasteiger partial charge in [0.15, 0.2) is 5.60 Å². The standard InChI is InChI=1S/C21H26F4N6O2/c1-5-6-13(11-30(3)25)28-19-26-8-7-15(29-19)16-10-27-18-9-17(33-4)14(12-31(16)18)20(2,32)21(22,23)24/h7-10,12-13,32H,5-6,11H2,1-4H3,(H,26,28,29). The fourth-order valence-electron chi connectivity index (χ4n) is 3.50. The first kappa shape index (κ1) is 24.6. The Morgan fingerprint density at radius 2 is 2.03 bits per heavy atom. The molecule has 0 saturated heterocycles. The number of ether oxygens (including phenoxy) is 1. The van der Waals surface area contributed by atoms with E-state index in [2.05, 4.69) is 20.3 Å². The maximum atomic E-state index is 13.5. The molecule has 0 saturated carbocycles. The molecule has 0 aliphatic carbocycles. The van der Waals surface area contributed by atoms with E-state index in [9.17, 15) is 22.8 Å². The molecule has 2 N–H and O–H groups in total. The summed E-state index contributed by atoms with van der Waals surface area (Å²) in [6.07, 6.45) is 0.652. The van der Waals surface area contributed by atoms with Crippen molar-refractivity contribution in [2.75, 3.05) is 26.0 Å². The number of nitrogens with one attached hydrogen (secondary N) is 1. The van der Waals surface area contributed by atoms with E-state index >= 15 is 0 Å². The van der Waals surface area contributed by atoms with Crippen LogP contribution in [0, 0.1) is 0 Å². The third kappa shape index (κ3) is 5.17. The summed E-state index contributed by atoms with van der Waals surface area (Å²) in [4.78, 5) is 12.8. The maximum absolute atomic E-state index is 13.5. The van der Waals surface area contributed by atoms with E-state index in [1.165, 1.54) is 37.0 Å². The zero-order valence-electron chi connectivity index (χ0n) is 18.7. The molecule has 0 aliphatic rings. The Bertz CT molecular complexity index is 1100. The third-order valence-electron chi connectivity index (χ3n) is 5.27. The Kier molecular flexibility index (Phi) is 7.08. The second kappa shape index (κ2) is 9.48.